The number of H-pyrrole nitrogens is 1. The summed E-state index contributed by atoms with van der Waals surface area (Å²) in [4.78, 5) is 28.5. The number of aromatic nitrogens is 3. The molecule has 0 unspecified atom stereocenters. The van der Waals surface area contributed by atoms with Gasteiger partial charge < -0.3 is 5.73 Å². The Balaban J connectivity index is 2.39. The molecule has 0 radical (unpaired) electrons. The number of aromatic amines is 1. The molecule has 0 fully saturated rings. The van der Waals surface area contributed by atoms with E-state index in [0.717, 1.165) is 0 Å². The molecule has 2 aromatic rings. The molecule has 84 valence electrons. The SMILES string of the molecule is Nc1nc(Cn2cc(Cl)c(=O)[nH]c2=O)cs1. The Morgan fingerprint density at radius 1 is 1.56 bits per heavy atom. The summed E-state index contributed by atoms with van der Waals surface area (Å²) in [5.41, 5.74) is 4.98. The van der Waals surface area contributed by atoms with Crippen molar-refractivity contribution in [2.75, 3.05) is 5.73 Å². The number of hydrogen-bond acceptors (Lipinski definition) is 5. The number of nitrogens with one attached hydrogen (secondary N) is 1. The van der Waals surface area contributed by atoms with Crippen LogP contribution in [0.1, 0.15) is 5.69 Å². The van der Waals surface area contributed by atoms with Crippen LogP contribution in [0.2, 0.25) is 5.02 Å². The van der Waals surface area contributed by atoms with E-state index in [0.29, 0.717) is 10.8 Å². The lowest BCUT2D eigenvalue weighted by Gasteiger charge is -2.01. The summed E-state index contributed by atoms with van der Waals surface area (Å²) in [7, 11) is 0. The Kier molecular flexibility index (Phi) is 2.80. The molecule has 8 heteroatoms. The number of hydrogen-bond donors (Lipinski definition) is 2. The van der Waals surface area contributed by atoms with Gasteiger partial charge in [-0.25, -0.2) is 9.78 Å². The highest BCUT2D eigenvalue weighted by atomic mass is 35.5. The van der Waals surface area contributed by atoms with Gasteiger partial charge in [-0.15, -0.1) is 11.3 Å². The molecule has 16 heavy (non-hydrogen) atoms. The zero-order valence-corrected chi connectivity index (χ0v) is 9.51. The predicted octanol–water partition coefficient (Wildman–Crippen LogP) is 0.277. The van der Waals surface area contributed by atoms with E-state index in [1.807, 2.05) is 0 Å². The summed E-state index contributed by atoms with van der Waals surface area (Å²) in [5.74, 6) is 0. The molecule has 2 rings (SSSR count). The van der Waals surface area contributed by atoms with Crippen molar-refractivity contribution in [1.82, 2.24) is 14.5 Å². The normalized spacial score (nSPS) is 10.6. The number of anilines is 1. The van der Waals surface area contributed by atoms with Crippen LogP contribution in [0.25, 0.3) is 0 Å². The van der Waals surface area contributed by atoms with Crippen molar-refractivity contribution >= 4 is 28.1 Å². The van der Waals surface area contributed by atoms with Crippen LogP contribution in [0.5, 0.6) is 0 Å². The first-order valence-corrected chi connectivity index (χ1v) is 5.51. The Labute approximate surface area is 98.3 Å². The van der Waals surface area contributed by atoms with Crippen LogP contribution >= 0.6 is 22.9 Å². The third kappa shape index (κ3) is 2.15. The first kappa shape index (κ1) is 10.9. The third-order valence-corrected chi connectivity index (χ3v) is 2.86. The number of halogens is 1. The lowest BCUT2D eigenvalue weighted by atomic mass is 10.5. The van der Waals surface area contributed by atoms with Crippen LogP contribution in [0.3, 0.4) is 0 Å². The molecule has 0 aliphatic carbocycles. The number of thiazole rings is 1. The molecule has 0 bridgehead atoms. The van der Waals surface area contributed by atoms with Gasteiger partial charge in [0.05, 0.1) is 12.2 Å². The van der Waals surface area contributed by atoms with E-state index in [-0.39, 0.29) is 11.6 Å². The average Bonchev–Trinajstić information content (AvgIpc) is 2.60. The molecule has 0 aromatic carbocycles. The number of nitrogens with zero attached hydrogens (tertiary/aromatic N) is 2. The minimum atomic E-state index is -0.597. The number of nitrogen functional groups attached to an aromatic ring is 1. The molecule has 0 spiro atoms. The molecular weight excluding hydrogens is 252 g/mol. The minimum absolute atomic E-state index is 0.0391. The Bertz CT molecular complexity index is 629. The maximum absolute atomic E-state index is 11.4. The van der Waals surface area contributed by atoms with Crippen molar-refractivity contribution in [3.8, 4) is 0 Å². The first-order valence-electron chi connectivity index (χ1n) is 4.25. The zero-order chi connectivity index (χ0) is 11.7. The van der Waals surface area contributed by atoms with Crippen molar-refractivity contribution in [1.29, 1.82) is 0 Å². The van der Waals surface area contributed by atoms with Crippen LogP contribution < -0.4 is 17.0 Å². The van der Waals surface area contributed by atoms with Crippen molar-refractivity contribution in [2.45, 2.75) is 6.54 Å². The highest BCUT2D eigenvalue weighted by molar-refractivity contribution is 7.13. The van der Waals surface area contributed by atoms with E-state index in [1.165, 1.54) is 22.1 Å². The average molecular weight is 259 g/mol. The lowest BCUT2D eigenvalue weighted by molar-refractivity contribution is 0.709. The molecule has 2 aromatic heterocycles. The number of rotatable bonds is 2. The zero-order valence-electron chi connectivity index (χ0n) is 7.94. The van der Waals surface area contributed by atoms with Gasteiger partial charge in [0.1, 0.15) is 5.02 Å². The molecule has 6 nitrogen and oxygen atoms in total. The van der Waals surface area contributed by atoms with Gasteiger partial charge in [0, 0.05) is 11.6 Å². The molecule has 0 aliphatic heterocycles. The second kappa shape index (κ2) is 4.11. The molecular formula is C8H7ClN4O2S. The van der Waals surface area contributed by atoms with Gasteiger partial charge in [-0.1, -0.05) is 11.6 Å². The Morgan fingerprint density at radius 3 is 2.94 bits per heavy atom. The van der Waals surface area contributed by atoms with Crippen LogP contribution in [0.15, 0.2) is 21.2 Å². The highest BCUT2D eigenvalue weighted by Crippen LogP contribution is 2.11. The standard InChI is InChI=1S/C8H7ClN4O2S/c9-5-2-13(8(15)12-6(5)14)1-4-3-16-7(10)11-4/h2-3H,1H2,(H2,10,11)(H,12,14,15). The van der Waals surface area contributed by atoms with Crippen LogP contribution in [0, 0.1) is 0 Å². The fourth-order valence-electron chi connectivity index (χ4n) is 1.17. The summed E-state index contributed by atoms with van der Waals surface area (Å²) in [6.07, 6.45) is 1.28. The van der Waals surface area contributed by atoms with Gasteiger partial charge in [-0.05, 0) is 0 Å². The number of nitrogens with two attached hydrogens (primary N) is 1. The monoisotopic (exact) mass is 258 g/mol. The fourth-order valence-corrected chi connectivity index (χ4v) is 1.89. The van der Waals surface area contributed by atoms with Crippen molar-refractivity contribution in [2.24, 2.45) is 0 Å². The maximum atomic E-state index is 11.4. The van der Waals surface area contributed by atoms with Crippen LogP contribution in [-0.2, 0) is 6.54 Å². The van der Waals surface area contributed by atoms with Gasteiger partial charge in [0.25, 0.3) is 5.56 Å². The second-order valence-electron chi connectivity index (χ2n) is 3.04. The van der Waals surface area contributed by atoms with E-state index >= 15 is 0 Å². The van der Waals surface area contributed by atoms with E-state index < -0.39 is 11.2 Å². The van der Waals surface area contributed by atoms with Gasteiger partial charge in [0.15, 0.2) is 5.13 Å². The molecule has 0 saturated carbocycles. The van der Waals surface area contributed by atoms with Crippen molar-refractivity contribution in [3.05, 3.63) is 43.1 Å². The summed E-state index contributed by atoms with van der Waals surface area (Å²) in [6.45, 7) is 0.225. The Hall–Kier alpha value is -1.60. The van der Waals surface area contributed by atoms with E-state index in [1.54, 1.807) is 5.38 Å². The van der Waals surface area contributed by atoms with E-state index in [4.69, 9.17) is 17.3 Å². The minimum Gasteiger partial charge on any atom is -0.375 e. The fraction of sp³-hybridized carbons (Fsp3) is 0.125. The van der Waals surface area contributed by atoms with Gasteiger partial charge >= 0.3 is 5.69 Å². The largest absolute Gasteiger partial charge is 0.375 e. The second-order valence-corrected chi connectivity index (χ2v) is 4.34. The lowest BCUT2D eigenvalue weighted by Crippen LogP contribution is -2.30. The van der Waals surface area contributed by atoms with E-state index in [9.17, 15) is 9.59 Å². The molecule has 0 aliphatic rings. The summed E-state index contributed by atoms with van der Waals surface area (Å²) < 4.78 is 1.26. The predicted molar refractivity (Wildman–Crippen MR) is 62.0 cm³/mol. The maximum Gasteiger partial charge on any atom is 0.328 e. The van der Waals surface area contributed by atoms with E-state index in [2.05, 4.69) is 9.97 Å². The third-order valence-electron chi connectivity index (χ3n) is 1.87. The highest BCUT2D eigenvalue weighted by Gasteiger charge is 2.05. The molecule has 0 saturated heterocycles. The smallest absolute Gasteiger partial charge is 0.328 e. The topological polar surface area (TPSA) is 93.8 Å². The van der Waals surface area contributed by atoms with Crippen molar-refractivity contribution < 1.29 is 0 Å². The van der Waals surface area contributed by atoms with Gasteiger partial charge in [-0.2, -0.15) is 0 Å². The molecule has 2 heterocycles. The molecule has 0 amide bonds. The van der Waals surface area contributed by atoms with Gasteiger partial charge in [-0.3, -0.25) is 14.3 Å². The molecule has 3 N–H and O–H groups in total. The van der Waals surface area contributed by atoms with Crippen molar-refractivity contribution in [3.63, 3.8) is 0 Å². The Morgan fingerprint density at radius 2 is 2.31 bits per heavy atom. The molecule has 0 atom stereocenters. The summed E-state index contributed by atoms with van der Waals surface area (Å²) in [5, 5.41) is 2.13. The first-order chi connectivity index (χ1) is 7.56. The van der Waals surface area contributed by atoms with Crippen LogP contribution in [0.4, 0.5) is 5.13 Å². The van der Waals surface area contributed by atoms with Gasteiger partial charge in [0.2, 0.25) is 0 Å². The quantitative estimate of drug-likeness (QED) is 0.809. The summed E-state index contributed by atoms with van der Waals surface area (Å²) >= 11 is 6.89. The summed E-state index contributed by atoms with van der Waals surface area (Å²) in [6, 6.07) is 0. The van der Waals surface area contributed by atoms with Crippen LogP contribution in [-0.4, -0.2) is 14.5 Å².